The third-order valence-electron chi connectivity index (χ3n) is 1.81. The zero-order valence-electron chi connectivity index (χ0n) is 5.46. The molecule has 0 aliphatic heterocycles. The van der Waals surface area contributed by atoms with E-state index >= 15 is 0 Å². The Morgan fingerprint density at radius 1 is 1.78 bits per heavy atom. The van der Waals surface area contributed by atoms with Gasteiger partial charge in [0.05, 0.1) is 6.42 Å². The van der Waals surface area contributed by atoms with E-state index in [0.717, 1.165) is 6.42 Å². The van der Waals surface area contributed by atoms with Crippen molar-refractivity contribution >= 4 is 12.1 Å². The van der Waals surface area contributed by atoms with Crippen molar-refractivity contribution in [3.8, 4) is 0 Å². The molecule has 0 radical (unpaired) electrons. The molecule has 2 nitrogen and oxygen atoms in total. The standard InChI is InChI=1S/C7H10O2/c1-5-4-6(5)7(9)2-3-8/h3,5-6H,2,4H2,1H3. The molecule has 2 heteroatoms. The van der Waals surface area contributed by atoms with Crippen LogP contribution in [0.2, 0.25) is 0 Å². The fourth-order valence-electron chi connectivity index (χ4n) is 1.00. The van der Waals surface area contributed by atoms with Crippen molar-refractivity contribution in [2.24, 2.45) is 11.8 Å². The van der Waals surface area contributed by atoms with Crippen LogP contribution >= 0.6 is 0 Å². The van der Waals surface area contributed by atoms with Crippen molar-refractivity contribution < 1.29 is 9.59 Å². The highest BCUT2D eigenvalue weighted by Crippen LogP contribution is 2.38. The summed E-state index contributed by atoms with van der Waals surface area (Å²) in [4.78, 5) is 20.6. The highest BCUT2D eigenvalue weighted by atomic mass is 16.1. The van der Waals surface area contributed by atoms with Crippen LogP contribution < -0.4 is 0 Å². The van der Waals surface area contributed by atoms with E-state index in [-0.39, 0.29) is 18.1 Å². The van der Waals surface area contributed by atoms with Crippen LogP contribution in [0.1, 0.15) is 19.8 Å². The zero-order valence-corrected chi connectivity index (χ0v) is 5.46. The summed E-state index contributed by atoms with van der Waals surface area (Å²) in [6.45, 7) is 2.04. The largest absolute Gasteiger partial charge is 0.303 e. The first-order chi connectivity index (χ1) is 4.25. The number of hydrogen-bond acceptors (Lipinski definition) is 2. The number of hydrogen-bond donors (Lipinski definition) is 0. The van der Waals surface area contributed by atoms with Crippen LogP contribution in [0.4, 0.5) is 0 Å². The van der Waals surface area contributed by atoms with Gasteiger partial charge < -0.3 is 4.79 Å². The first kappa shape index (κ1) is 6.46. The lowest BCUT2D eigenvalue weighted by Gasteiger charge is -1.87. The van der Waals surface area contributed by atoms with Gasteiger partial charge in [0, 0.05) is 5.92 Å². The van der Waals surface area contributed by atoms with E-state index < -0.39 is 0 Å². The Balaban J connectivity index is 2.27. The van der Waals surface area contributed by atoms with Gasteiger partial charge in [-0.05, 0) is 12.3 Å². The lowest BCUT2D eigenvalue weighted by molar-refractivity contribution is -0.123. The molecule has 1 saturated carbocycles. The van der Waals surface area contributed by atoms with E-state index in [1.54, 1.807) is 0 Å². The summed E-state index contributed by atoms with van der Waals surface area (Å²) in [5.74, 6) is 0.880. The predicted molar refractivity (Wildman–Crippen MR) is 33.0 cm³/mol. The van der Waals surface area contributed by atoms with Crippen molar-refractivity contribution in [2.75, 3.05) is 0 Å². The van der Waals surface area contributed by atoms with E-state index in [2.05, 4.69) is 0 Å². The molecule has 1 aliphatic rings. The summed E-state index contributed by atoms with van der Waals surface area (Å²) >= 11 is 0. The highest BCUT2D eigenvalue weighted by molar-refractivity contribution is 5.93. The van der Waals surface area contributed by atoms with Crippen LogP contribution in [0.3, 0.4) is 0 Å². The minimum atomic E-state index is 0.120. The maximum absolute atomic E-state index is 10.8. The molecule has 50 valence electrons. The smallest absolute Gasteiger partial charge is 0.143 e. The van der Waals surface area contributed by atoms with E-state index in [4.69, 9.17) is 0 Å². The number of ketones is 1. The van der Waals surface area contributed by atoms with Crippen molar-refractivity contribution in [1.82, 2.24) is 0 Å². The Morgan fingerprint density at radius 3 is 2.67 bits per heavy atom. The van der Waals surface area contributed by atoms with Crippen LogP contribution in [0.15, 0.2) is 0 Å². The minimum Gasteiger partial charge on any atom is -0.303 e. The van der Waals surface area contributed by atoms with E-state index in [0.29, 0.717) is 12.2 Å². The highest BCUT2D eigenvalue weighted by Gasteiger charge is 2.37. The van der Waals surface area contributed by atoms with E-state index in [1.165, 1.54) is 0 Å². The molecule has 2 atom stereocenters. The molecule has 0 aromatic rings. The average molecular weight is 126 g/mol. The second kappa shape index (κ2) is 2.29. The van der Waals surface area contributed by atoms with Crippen LogP contribution in [0.5, 0.6) is 0 Å². The number of rotatable bonds is 3. The Kier molecular flexibility index (Phi) is 1.65. The van der Waals surface area contributed by atoms with Crippen LogP contribution in [-0.4, -0.2) is 12.1 Å². The summed E-state index contributed by atoms with van der Waals surface area (Å²) in [6.07, 6.45) is 1.80. The summed E-state index contributed by atoms with van der Waals surface area (Å²) < 4.78 is 0. The van der Waals surface area contributed by atoms with E-state index in [9.17, 15) is 9.59 Å². The molecule has 2 unspecified atom stereocenters. The van der Waals surface area contributed by atoms with Crippen molar-refractivity contribution in [1.29, 1.82) is 0 Å². The Labute approximate surface area is 54.2 Å². The molecule has 0 heterocycles. The molecule has 1 rings (SSSR count). The molecule has 1 aliphatic carbocycles. The molecular formula is C7H10O2. The van der Waals surface area contributed by atoms with Gasteiger partial charge >= 0.3 is 0 Å². The predicted octanol–water partition coefficient (Wildman–Crippen LogP) is 0.800. The monoisotopic (exact) mass is 126 g/mol. The molecule has 0 spiro atoms. The fraction of sp³-hybridized carbons (Fsp3) is 0.714. The van der Waals surface area contributed by atoms with Gasteiger partial charge in [-0.25, -0.2) is 0 Å². The summed E-state index contributed by atoms with van der Waals surface area (Å²) in [7, 11) is 0. The number of Topliss-reactive ketones (excluding diaryl/α,β-unsaturated/α-hetero) is 1. The summed E-state index contributed by atoms with van der Waals surface area (Å²) in [6, 6.07) is 0. The van der Waals surface area contributed by atoms with Crippen molar-refractivity contribution in [3.63, 3.8) is 0 Å². The lowest BCUT2D eigenvalue weighted by atomic mass is 10.2. The third kappa shape index (κ3) is 1.37. The van der Waals surface area contributed by atoms with Gasteiger partial charge in [0.15, 0.2) is 0 Å². The number of carbonyl (C=O) groups is 2. The maximum Gasteiger partial charge on any atom is 0.143 e. The Bertz CT molecular complexity index is 140. The van der Waals surface area contributed by atoms with E-state index in [1.807, 2.05) is 6.92 Å². The summed E-state index contributed by atoms with van der Waals surface area (Å²) in [5.41, 5.74) is 0. The Hall–Kier alpha value is -0.660. The minimum absolute atomic E-state index is 0.120. The second-order valence-corrected chi connectivity index (χ2v) is 2.66. The second-order valence-electron chi connectivity index (χ2n) is 2.66. The number of aldehydes is 1. The molecule has 1 fully saturated rings. The molecule has 9 heavy (non-hydrogen) atoms. The first-order valence-corrected chi connectivity index (χ1v) is 3.22. The summed E-state index contributed by atoms with van der Waals surface area (Å²) in [5, 5.41) is 0. The fourth-order valence-corrected chi connectivity index (χ4v) is 1.00. The molecule has 0 aromatic heterocycles. The van der Waals surface area contributed by atoms with Gasteiger partial charge in [0.25, 0.3) is 0 Å². The average Bonchev–Trinajstić information content (AvgIpc) is 2.47. The molecule has 0 N–H and O–H groups in total. The maximum atomic E-state index is 10.8. The van der Waals surface area contributed by atoms with Crippen LogP contribution in [-0.2, 0) is 9.59 Å². The molecule has 0 amide bonds. The first-order valence-electron chi connectivity index (χ1n) is 3.22. The molecule has 0 bridgehead atoms. The molecule has 0 saturated heterocycles. The molecule has 0 aromatic carbocycles. The van der Waals surface area contributed by atoms with Gasteiger partial charge in [-0.3, -0.25) is 4.79 Å². The quantitative estimate of drug-likeness (QED) is 0.414. The van der Waals surface area contributed by atoms with Gasteiger partial charge in [0.1, 0.15) is 12.1 Å². The number of carbonyl (C=O) groups excluding carboxylic acids is 2. The Morgan fingerprint density at radius 2 is 2.33 bits per heavy atom. The SMILES string of the molecule is CC1CC1C(=O)CC=O. The van der Waals surface area contributed by atoms with Crippen molar-refractivity contribution in [3.05, 3.63) is 0 Å². The van der Waals surface area contributed by atoms with Crippen LogP contribution in [0.25, 0.3) is 0 Å². The van der Waals surface area contributed by atoms with Crippen LogP contribution in [0, 0.1) is 11.8 Å². The van der Waals surface area contributed by atoms with Crippen molar-refractivity contribution in [2.45, 2.75) is 19.8 Å². The zero-order chi connectivity index (χ0) is 6.85. The van der Waals surface area contributed by atoms with Gasteiger partial charge in [-0.2, -0.15) is 0 Å². The van der Waals surface area contributed by atoms with Gasteiger partial charge in [-0.1, -0.05) is 6.92 Å². The normalized spacial score (nSPS) is 31.7. The van der Waals surface area contributed by atoms with Gasteiger partial charge in [-0.15, -0.1) is 0 Å². The van der Waals surface area contributed by atoms with Gasteiger partial charge in [0.2, 0.25) is 0 Å². The third-order valence-corrected chi connectivity index (χ3v) is 1.81. The lowest BCUT2D eigenvalue weighted by Crippen LogP contribution is -2.01. The topological polar surface area (TPSA) is 34.1 Å². The molecular weight excluding hydrogens is 116 g/mol.